The van der Waals surface area contributed by atoms with Crippen LogP contribution in [-0.4, -0.2) is 69.8 Å². The predicted octanol–water partition coefficient (Wildman–Crippen LogP) is 3.95. The molecule has 1 aliphatic carbocycles. The Morgan fingerprint density at radius 3 is 2.31 bits per heavy atom. The Morgan fingerprint density at radius 2 is 1.61 bits per heavy atom. The maximum atomic E-state index is 13.4. The maximum Gasteiger partial charge on any atom is 0.274 e. The molecule has 0 radical (unpaired) electrons. The van der Waals surface area contributed by atoms with Crippen molar-refractivity contribution >= 4 is 11.8 Å². The van der Waals surface area contributed by atoms with Gasteiger partial charge in [-0.25, -0.2) is 0 Å². The zero-order chi connectivity index (χ0) is 25.6. The number of carbonyl (C=O) groups excluding carboxylic acids is 2. The van der Waals surface area contributed by atoms with Crippen molar-refractivity contribution in [2.75, 3.05) is 26.2 Å². The first-order valence-corrected chi connectivity index (χ1v) is 13.6. The van der Waals surface area contributed by atoms with E-state index in [0.29, 0.717) is 24.7 Å². The van der Waals surface area contributed by atoms with Crippen LogP contribution < -0.4 is 0 Å². The lowest BCUT2D eigenvalue weighted by Gasteiger charge is -2.35. The van der Waals surface area contributed by atoms with Gasteiger partial charge in [-0.2, -0.15) is 5.10 Å². The first-order valence-electron chi connectivity index (χ1n) is 13.6. The zero-order valence-electron chi connectivity index (χ0n) is 22.5. The van der Waals surface area contributed by atoms with Crippen LogP contribution in [0, 0.1) is 20.8 Å². The van der Waals surface area contributed by atoms with Gasteiger partial charge in [-0.15, -0.1) is 0 Å². The van der Waals surface area contributed by atoms with E-state index in [1.54, 1.807) is 0 Å². The fourth-order valence-corrected chi connectivity index (χ4v) is 6.40. The van der Waals surface area contributed by atoms with E-state index in [1.165, 1.54) is 22.3 Å². The van der Waals surface area contributed by atoms with Crippen molar-refractivity contribution < 1.29 is 14.3 Å². The Morgan fingerprint density at radius 1 is 0.944 bits per heavy atom. The second-order valence-electron chi connectivity index (χ2n) is 11.2. The number of rotatable bonds is 4. The molecule has 0 unspecified atom stereocenters. The van der Waals surface area contributed by atoms with Crippen LogP contribution >= 0.6 is 0 Å². The molecule has 0 saturated carbocycles. The average molecular weight is 493 g/mol. The summed E-state index contributed by atoms with van der Waals surface area (Å²) in [5.41, 5.74) is 8.13. The van der Waals surface area contributed by atoms with Gasteiger partial charge >= 0.3 is 0 Å². The third-order valence-corrected chi connectivity index (χ3v) is 8.37. The number of fused-ring (bicyclic) bond motifs is 1. The van der Waals surface area contributed by atoms with E-state index in [-0.39, 0.29) is 30.6 Å². The van der Waals surface area contributed by atoms with E-state index in [4.69, 9.17) is 9.84 Å². The summed E-state index contributed by atoms with van der Waals surface area (Å²) in [6.45, 7) is 13.5. The number of aromatic nitrogens is 2. The quantitative estimate of drug-likeness (QED) is 0.648. The first-order chi connectivity index (χ1) is 17.2. The number of benzene rings is 1. The highest BCUT2D eigenvalue weighted by molar-refractivity contribution is 5.94. The number of morpholine rings is 1. The van der Waals surface area contributed by atoms with Crippen LogP contribution in [0.5, 0.6) is 0 Å². The van der Waals surface area contributed by atoms with Crippen molar-refractivity contribution in [3.8, 4) is 0 Å². The molecule has 5 rings (SSSR count). The Bertz CT molecular complexity index is 1150. The molecule has 2 atom stereocenters. The van der Waals surface area contributed by atoms with Crippen molar-refractivity contribution in [2.45, 2.75) is 91.4 Å². The number of piperidine rings is 1. The van der Waals surface area contributed by atoms with Gasteiger partial charge in [-0.05, 0) is 94.9 Å². The second kappa shape index (κ2) is 10.0. The summed E-state index contributed by atoms with van der Waals surface area (Å²) >= 11 is 0. The summed E-state index contributed by atoms with van der Waals surface area (Å²) in [7, 11) is 0. The monoisotopic (exact) mass is 492 g/mol. The van der Waals surface area contributed by atoms with Crippen molar-refractivity contribution in [3.63, 3.8) is 0 Å². The summed E-state index contributed by atoms with van der Waals surface area (Å²) < 4.78 is 7.63. The number of likely N-dealkylation sites (tertiary alicyclic amines) is 1. The average Bonchev–Trinajstić information content (AvgIpc) is 3.44. The Kier molecular flexibility index (Phi) is 6.95. The van der Waals surface area contributed by atoms with Gasteiger partial charge in [0.2, 0.25) is 5.91 Å². The van der Waals surface area contributed by atoms with Crippen LogP contribution in [0.3, 0.4) is 0 Å². The van der Waals surface area contributed by atoms with Gasteiger partial charge in [0.25, 0.3) is 5.91 Å². The Hall–Kier alpha value is -2.67. The third-order valence-electron chi connectivity index (χ3n) is 8.37. The summed E-state index contributed by atoms with van der Waals surface area (Å²) in [5, 5.41) is 4.72. The van der Waals surface area contributed by atoms with Crippen LogP contribution in [0.4, 0.5) is 0 Å². The highest BCUT2D eigenvalue weighted by Crippen LogP contribution is 2.32. The zero-order valence-corrected chi connectivity index (χ0v) is 22.5. The van der Waals surface area contributed by atoms with Crippen LogP contribution in [0.2, 0.25) is 0 Å². The number of nitrogens with zero attached hydrogens (tertiary/aromatic N) is 4. The van der Waals surface area contributed by atoms with Crippen molar-refractivity contribution in [3.05, 3.63) is 51.3 Å². The molecule has 2 saturated heterocycles. The number of carbonyl (C=O) groups is 2. The summed E-state index contributed by atoms with van der Waals surface area (Å²) in [4.78, 5) is 30.5. The highest BCUT2D eigenvalue weighted by atomic mass is 16.5. The molecule has 2 aromatic rings. The van der Waals surface area contributed by atoms with E-state index < -0.39 is 0 Å². The molecular formula is C29H40N4O3. The second-order valence-corrected chi connectivity index (χ2v) is 11.2. The van der Waals surface area contributed by atoms with E-state index in [9.17, 15) is 9.59 Å². The van der Waals surface area contributed by atoms with Crippen LogP contribution in [0.15, 0.2) is 12.1 Å². The fourth-order valence-electron chi connectivity index (χ4n) is 6.40. The lowest BCUT2D eigenvalue weighted by Crippen LogP contribution is -2.48. The van der Waals surface area contributed by atoms with Gasteiger partial charge in [0.1, 0.15) is 6.54 Å². The summed E-state index contributed by atoms with van der Waals surface area (Å²) in [5.74, 6) is 0.589. The molecule has 3 heterocycles. The van der Waals surface area contributed by atoms with E-state index >= 15 is 0 Å². The van der Waals surface area contributed by atoms with Crippen LogP contribution in [-0.2, 0) is 28.9 Å². The number of hydrogen-bond donors (Lipinski definition) is 0. The molecule has 2 aliphatic heterocycles. The minimum absolute atomic E-state index is 0.0185. The highest BCUT2D eigenvalue weighted by Gasteiger charge is 2.33. The maximum absolute atomic E-state index is 13.4. The summed E-state index contributed by atoms with van der Waals surface area (Å²) in [6.07, 6.45) is 4.77. The first kappa shape index (κ1) is 25.0. The number of aryl methyl sites for hydroxylation is 3. The SMILES string of the molecule is Cc1cc(C)c(C2CCN(C(=O)Cn3nc(C(=O)N4C[C@@H](C)O[C@@H](C)C4)c4c3CCC4)CC2)cc1C. The van der Waals surface area contributed by atoms with Gasteiger partial charge < -0.3 is 14.5 Å². The minimum Gasteiger partial charge on any atom is -0.372 e. The molecule has 36 heavy (non-hydrogen) atoms. The van der Waals surface area contributed by atoms with Gasteiger partial charge in [0, 0.05) is 37.4 Å². The Labute approximate surface area is 214 Å². The van der Waals surface area contributed by atoms with Crippen LogP contribution in [0.25, 0.3) is 0 Å². The molecule has 194 valence electrons. The molecule has 7 nitrogen and oxygen atoms in total. The van der Waals surface area contributed by atoms with E-state index in [0.717, 1.165) is 56.5 Å². The molecule has 0 spiro atoms. The molecule has 1 aromatic carbocycles. The van der Waals surface area contributed by atoms with E-state index in [1.807, 2.05) is 28.3 Å². The largest absolute Gasteiger partial charge is 0.372 e. The van der Waals surface area contributed by atoms with Gasteiger partial charge in [0.05, 0.1) is 12.2 Å². The minimum atomic E-state index is -0.0223. The molecule has 1 aromatic heterocycles. The molecule has 7 heteroatoms. The molecule has 0 N–H and O–H groups in total. The van der Waals surface area contributed by atoms with Crippen molar-refractivity contribution in [2.24, 2.45) is 0 Å². The molecule has 0 bridgehead atoms. The molecular weight excluding hydrogens is 452 g/mol. The topological polar surface area (TPSA) is 67.7 Å². The third kappa shape index (κ3) is 4.82. The lowest BCUT2D eigenvalue weighted by atomic mass is 9.85. The molecule has 2 fully saturated rings. The molecule has 2 amide bonds. The number of ether oxygens (including phenoxy) is 1. The number of amides is 2. The van der Waals surface area contributed by atoms with Crippen LogP contribution in [0.1, 0.15) is 83.0 Å². The predicted molar refractivity (Wildman–Crippen MR) is 139 cm³/mol. The molecule has 3 aliphatic rings. The normalized spacial score (nSPS) is 22.7. The number of hydrogen-bond acceptors (Lipinski definition) is 4. The smallest absolute Gasteiger partial charge is 0.274 e. The van der Waals surface area contributed by atoms with Gasteiger partial charge in [-0.1, -0.05) is 12.1 Å². The van der Waals surface area contributed by atoms with Crippen molar-refractivity contribution in [1.82, 2.24) is 19.6 Å². The Balaban J connectivity index is 1.26. The lowest BCUT2D eigenvalue weighted by molar-refractivity contribution is -0.133. The van der Waals surface area contributed by atoms with Gasteiger partial charge in [-0.3, -0.25) is 14.3 Å². The van der Waals surface area contributed by atoms with Crippen molar-refractivity contribution in [1.29, 1.82) is 0 Å². The summed E-state index contributed by atoms with van der Waals surface area (Å²) in [6, 6.07) is 4.63. The van der Waals surface area contributed by atoms with Gasteiger partial charge in [0.15, 0.2) is 5.69 Å². The van der Waals surface area contributed by atoms with E-state index in [2.05, 4.69) is 32.9 Å². The fraction of sp³-hybridized carbons (Fsp3) is 0.621. The standard InChI is InChI=1S/C29H40N4O3/c1-18-13-20(3)25(14-19(18)2)23-9-11-31(12-10-23)27(34)17-33-26-8-6-7-24(26)28(30-33)29(35)32-15-21(4)36-22(5)16-32/h13-14,21-23H,6-12,15-17H2,1-5H3/t21-,22+.